The van der Waals surface area contributed by atoms with E-state index in [1.807, 2.05) is 0 Å². The molecule has 0 bridgehead atoms. The van der Waals surface area contributed by atoms with Crippen LogP contribution in [-0.4, -0.2) is 46.2 Å². The van der Waals surface area contributed by atoms with Crippen LogP contribution in [0.5, 0.6) is 0 Å². The Morgan fingerprint density at radius 1 is 1.20 bits per heavy atom. The molecule has 15 heavy (non-hydrogen) atoms. The van der Waals surface area contributed by atoms with Crippen LogP contribution in [0.25, 0.3) is 0 Å². The van der Waals surface area contributed by atoms with Gasteiger partial charge in [-0.1, -0.05) is 0 Å². The molecule has 0 aromatic rings. The van der Waals surface area contributed by atoms with E-state index in [4.69, 9.17) is 4.74 Å². The van der Waals surface area contributed by atoms with Gasteiger partial charge in [-0.05, 0) is 12.8 Å². The Bertz CT molecular complexity index is 280. The summed E-state index contributed by atoms with van der Waals surface area (Å²) in [4.78, 5) is 0. The average molecular weight is 256 g/mol. The van der Waals surface area contributed by atoms with Crippen molar-refractivity contribution in [1.29, 1.82) is 0 Å². The van der Waals surface area contributed by atoms with Crippen LogP contribution in [0.15, 0.2) is 0 Å². The summed E-state index contributed by atoms with van der Waals surface area (Å²) in [5, 5.41) is 3.32. The zero-order chi connectivity index (χ0) is 10.1. The van der Waals surface area contributed by atoms with Crippen molar-refractivity contribution < 1.29 is 13.2 Å². The topological polar surface area (TPSA) is 55.4 Å². The fraction of sp³-hybridized carbons (Fsp3) is 1.00. The molecule has 2 fully saturated rings. The lowest BCUT2D eigenvalue weighted by Crippen LogP contribution is -2.42. The van der Waals surface area contributed by atoms with E-state index in [-0.39, 0.29) is 17.8 Å². The minimum Gasteiger partial charge on any atom is -0.380 e. The zero-order valence-corrected chi connectivity index (χ0v) is 10.3. The molecule has 2 rings (SSSR count). The van der Waals surface area contributed by atoms with E-state index >= 15 is 0 Å². The first kappa shape index (κ1) is 13.2. The number of ether oxygens (including phenoxy) is 1. The van der Waals surface area contributed by atoms with Gasteiger partial charge in [0.1, 0.15) is 9.84 Å². The van der Waals surface area contributed by atoms with Crippen molar-refractivity contribution in [1.82, 2.24) is 5.32 Å². The average Bonchev–Trinajstić information content (AvgIpc) is 2.37. The fourth-order valence-corrected chi connectivity index (χ4v) is 3.82. The Labute approximate surface area is 97.1 Å². The smallest absolute Gasteiger partial charge is 0.150 e. The molecule has 0 atom stereocenters. The van der Waals surface area contributed by atoms with E-state index < -0.39 is 9.84 Å². The lowest BCUT2D eigenvalue weighted by atomic mass is 9.83. The minimum absolute atomic E-state index is 0. The van der Waals surface area contributed by atoms with Gasteiger partial charge in [0, 0.05) is 18.5 Å². The third-order valence-electron chi connectivity index (χ3n) is 3.22. The van der Waals surface area contributed by atoms with Crippen LogP contribution in [0.2, 0.25) is 0 Å². The molecule has 0 aromatic heterocycles. The molecule has 0 amide bonds. The molecule has 0 radical (unpaired) electrons. The van der Waals surface area contributed by atoms with Crippen molar-refractivity contribution in [2.24, 2.45) is 5.41 Å². The summed E-state index contributed by atoms with van der Waals surface area (Å²) in [6, 6.07) is 0. The highest BCUT2D eigenvalue weighted by Gasteiger charge is 2.37. The number of halogens is 1. The number of hydrogen-bond donors (Lipinski definition) is 1. The quantitative estimate of drug-likeness (QED) is 0.673. The Kier molecular flexibility index (Phi) is 4.40. The Hall–Kier alpha value is 0.160. The summed E-state index contributed by atoms with van der Waals surface area (Å²) in [6.07, 6.45) is 1.50. The van der Waals surface area contributed by atoms with E-state index in [1.54, 1.807) is 0 Å². The van der Waals surface area contributed by atoms with Crippen LogP contribution < -0.4 is 5.32 Å². The minimum atomic E-state index is -2.75. The van der Waals surface area contributed by atoms with Gasteiger partial charge in [-0.25, -0.2) is 8.42 Å². The summed E-state index contributed by atoms with van der Waals surface area (Å²) in [7, 11) is -2.75. The Morgan fingerprint density at radius 3 is 2.53 bits per heavy atom. The van der Waals surface area contributed by atoms with Gasteiger partial charge in [-0.3, -0.25) is 0 Å². The number of hydrogen-bond acceptors (Lipinski definition) is 4. The molecule has 1 spiro atoms. The molecule has 0 saturated carbocycles. The summed E-state index contributed by atoms with van der Waals surface area (Å²) in [5.74, 6) is 0.663. The van der Waals surface area contributed by atoms with Crippen molar-refractivity contribution in [2.75, 3.05) is 37.8 Å². The molecule has 2 aliphatic heterocycles. The Morgan fingerprint density at radius 2 is 1.87 bits per heavy atom. The van der Waals surface area contributed by atoms with Crippen LogP contribution >= 0.6 is 12.4 Å². The van der Waals surface area contributed by atoms with Gasteiger partial charge in [0.2, 0.25) is 0 Å². The van der Waals surface area contributed by atoms with Crippen LogP contribution in [0.3, 0.4) is 0 Å². The third kappa shape index (κ3) is 3.31. The SMILES string of the molecule is Cl.O=S1(=O)CCC2(CC1)CNCCOC2. The monoisotopic (exact) mass is 255 g/mol. The first-order valence-electron chi connectivity index (χ1n) is 5.11. The third-order valence-corrected chi connectivity index (χ3v) is 4.87. The van der Waals surface area contributed by atoms with Crippen molar-refractivity contribution in [3.05, 3.63) is 0 Å². The second-order valence-corrected chi connectivity index (χ2v) is 6.68. The lowest BCUT2D eigenvalue weighted by Gasteiger charge is -2.35. The first-order chi connectivity index (χ1) is 6.62. The second kappa shape index (κ2) is 4.99. The van der Waals surface area contributed by atoms with Crippen LogP contribution in [0.4, 0.5) is 0 Å². The highest BCUT2D eigenvalue weighted by Crippen LogP contribution is 2.33. The maximum Gasteiger partial charge on any atom is 0.150 e. The van der Waals surface area contributed by atoms with Crippen LogP contribution in [0, 0.1) is 5.41 Å². The molecule has 90 valence electrons. The van der Waals surface area contributed by atoms with Crippen LogP contribution in [0.1, 0.15) is 12.8 Å². The molecule has 0 aromatic carbocycles. The maximum atomic E-state index is 11.3. The predicted molar refractivity (Wildman–Crippen MR) is 61.3 cm³/mol. The molecule has 2 saturated heterocycles. The van der Waals surface area contributed by atoms with Gasteiger partial charge in [0.05, 0.1) is 24.7 Å². The molecular formula is C9H18ClNO3S. The van der Waals surface area contributed by atoms with E-state index in [2.05, 4.69) is 5.32 Å². The summed E-state index contributed by atoms with van der Waals surface area (Å²) < 4.78 is 28.1. The van der Waals surface area contributed by atoms with Gasteiger partial charge in [-0.15, -0.1) is 12.4 Å². The molecule has 4 nitrogen and oxygen atoms in total. The van der Waals surface area contributed by atoms with E-state index in [0.717, 1.165) is 39.1 Å². The summed E-state index contributed by atoms with van der Waals surface area (Å²) >= 11 is 0. The fourth-order valence-electron chi connectivity index (χ4n) is 2.13. The van der Waals surface area contributed by atoms with Crippen molar-refractivity contribution in [2.45, 2.75) is 12.8 Å². The maximum absolute atomic E-state index is 11.3. The molecule has 0 aliphatic carbocycles. The molecule has 1 N–H and O–H groups in total. The lowest BCUT2D eigenvalue weighted by molar-refractivity contribution is 0.0629. The largest absolute Gasteiger partial charge is 0.380 e. The second-order valence-electron chi connectivity index (χ2n) is 4.38. The van der Waals surface area contributed by atoms with E-state index in [1.165, 1.54) is 0 Å². The molecule has 6 heteroatoms. The molecular weight excluding hydrogens is 238 g/mol. The number of sulfone groups is 1. The van der Waals surface area contributed by atoms with Gasteiger partial charge in [0.25, 0.3) is 0 Å². The molecule has 2 aliphatic rings. The van der Waals surface area contributed by atoms with Gasteiger partial charge < -0.3 is 10.1 Å². The van der Waals surface area contributed by atoms with Gasteiger partial charge >= 0.3 is 0 Å². The summed E-state index contributed by atoms with van der Waals surface area (Å²) in [5.41, 5.74) is 0.0851. The highest BCUT2D eigenvalue weighted by molar-refractivity contribution is 7.91. The Balaban J connectivity index is 0.00000112. The standard InChI is InChI=1S/C9H17NO3S.ClH/c11-14(12)5-1-9(2-6-14)7-10-3-4-13-8-9;/h10H,1-8H2;1H. The predicted octanol–water partition coefficient (Wildman–Crippen LogP) is 0.223. The van der Waals surface area contributed by atoms with Crippen molar-refractivity contribution in [3.63, 3.8) is 0 Å². The molecule has 2 heterocycles. The van der Waals surface area contributed by atoms with E-state index in [9.17, 15) is 8.42 Å². The first-order valence-corrected chi connectivity index (χ1v) is 6.93. The summed E-state index contributed by atoms with van der Waals surface area (Å²) in [6.45, 7) is 3.25. The van der Waals surface area contributed by atoms with E-state index in [0.29, 0.717) is 11.5 Å². The van der Waals surface area contributed by atoms with Gasteiger partial charge in [-0.2, -0.15) is 0 Å². The number of nitrogens with one attached hydrogen (secondary N) is 1. The normalized spacial score (nSPS) is 29.1. The number of rotatable bonds is 0. The van der Waals surface area contributed by atoms with Gasteiger partial charge in [0.15, 0.2) is 0 Å². The van der Waals surface area contributed by atoms with Crippen molar-refractivity contribution >= 4 is 22.2 Å². The van der Waals surface area contributed by atoms with Crippen molar-refractivity contribution in [3.8, 4) is 0 Å². The highest BCUT2D eigenvalue weighted by atomic mass is 35.5. The zero-order valence-electron chi connectivity index (χ0n) is 8.70. The molecule has 0 unspecified atom stereocenters. The van der Waals surface area contributed by atoms with Crippen LogP contribution in [-0.2, 0) is 14.6 Å².